The first kappa shape index (κ1) is 36.0. The first-order valence-corrected chi connectivity index (χ1v) is 17.5. The van der Waals surface area contributed by atoms with Crippen LogP contribution in [0.3, 0.4) is 0 Å². The second kappa shape index (κ2) is 16.8. The Kier molecular flexibility index (Phi) is 12.6. The molecule has 0 spiro atoms. The van der Waals surface area contributed by atoms with Gasteiger partial charge in [0.05, 0.1) is 24.8 Å². The molecule has 0 bridgehead atoms. The molecule has 48 heavy (non-hydrogen) atoms. The van der Waals surface area contributed by atoms with Gasteiger partial charge in [0.1, 0.15) is 12.6 Å². The number of carbonyl (C=O) groups is 2. The molecule has 0 aliphatic heterocycles. The van der Waals surface area contributed by atoms with E-state index in [0.717, 1.165) is 39.4 Å². The van der Waals surface area contributed by atoms with Crippen LogP contribution in [0, 0.1) is 13.8 Å². The number of unbranched alkanes of at least 4 members (excludes halogenated alkanes) is 1. The number of carbonyl (C=O) groups excluding carboxylic acids is 2. The smallest absolute Gasteiger partial charge is 0.264 e. The van der Waals surface area contributed by atoms with Crippen LogP contribution in [0.5, 0.6) is 11.5 Å². The number of nitrogens with one attached hydrogen (secondary N) is 1. The van der Waals surface area contributed by atoms with Gasteiger partial charge in [0.15, 0.2) is 11.5 Å². The van der Waals surface area contributed by atoms with Crippen molar-refractivity contribution in [3.63, 3.8) is 0 Å². The van der Waals surface area contributed by atoms with Crippen molar-refractivity contribution >= 4 is 27.5 Å². The highest BCUT2D eigenvalue weighted by atomic mass is 32.2. The van der Waals surface area contributed by atoms with Crippen molar-refractivity contribution in [3.8, 4) is 11.5 Å². The number of benzene rings is 4. The van der Waals surface area contributed by atoms with Gasteiger partial charge in [-0.3, -0.25) is 13.9 Å². The molecule has 9 nitrogen and oxygen atoms in total. The molecule has 4 aromatic carbocycles. The number of sulfonamides is 1. The zero-order valence-electron chi connectivity index (χ0n) is 28.3. The lowest BCUT2D eigenvalue weighted by Gasteiger charge is -2.34. The summed E-state index contributed by atoms with van der Waals surface area (Å²) in [7, 11) is -1.41. The highest BCUT2D eigenvalue weighted by molar-refractivity contribution is 7.92. The zero-order valence-corrected chi connectivity index (χ0v) is 29.1. The molecule has 0 radical (unpaired) electrons. The largest absolute Gasteiger partial charge is 0.493 e. The number of nitrogens with zero attached hydrogens (tertiary/aromatic N) is 2. The van der Waals surface area contributed by atoms with Crippen LogP contribution in [-0.2, 0) is 32.6 Å². The summed E-state index contributed by atoms with van der Waals surface area (Å²) in [5.41, 5.74) is 3.93. The van der Waals surface area contributed by atoms with Gasteiger partial charge < -0.3 is 19.7 Å². The standard InChI is InChI=1S/C38H45N3O6S/c1-6-7-23-39-38(43)34(24-30-14-9-8-10-15-30)40(26-31-16-12-11-13-29(31)3)37(42)27-41(32-19-17-28(2)18-20-32)48(44,45)33-21-22-35(46-4)36(25-33)47-5/h8-22,25,34H,6-7,23-24,26-27H2,1-5H3,(H,39,43). The molecule has 0 fully saturated rings. The summed E-state index contributed by atoms with van der Waals surface area (Å²) >= 11 is 0. The predicted octanol–water partition coefficient (Wildman–Crippen LogP) is 6.07. The van der Waals surface area contributed by atoms with Crippen molar-refractivity contribution in [2.24, 2.45) is 0 Å². The van der Waals surface area contributed by atoms with Gasteiger partial charge in [-0.15, -0.1) is 0 Å². The van der Waals surface area contributed by atoms with Crippen LogP contribution in [0.2, 0.25) is 0 Å². The topological polar surface area (TPSA) is 105 Å². The molecular formula is C38H45N3O6S. The minimum absolute atomic E-state index is 0.0721. The molecule has 0 saturated heterocycles. The van der Waals surface area contributed by atoms with Gasteiger partial charge in [-0.25, -0.2) is 8.42 Å². The van der Waals surface area contributed by atoms with Gasteiger partial charge in [0.2, 0.25) is 11.8 Å². The highest BCUT2D eigenvalue weighted by Gasteiger charge is 2.35. The molecule has 10 heteroatoms. The Morgan fingerprint density at radius 2 is 1.50 bits per heavy atom. The van der Waals surface area contributed by atoms with Crippen LogP contribution in [0.1, 0.15) is 42.0 Å². The second-order valence-corrected chi connectivity index (χ2v) is 13.5. The van der Waals surface area contributed by atoms with Gasteiger partial charge in [0.25, 0.3) is 10.0 Å². The average Bonchev–Trinajstić information content (AvgIpc) is 3.09. The number of methoxy groups -OCH3 is 2. The van der Waals surface area contributed by atoms with Crippen molar-refractivity contribution < 1.29 is 27.5 Å². The third-order valence-corrected chi connectivity index (χ3v) is 10.0. The molecule has 254 valence electrons. The first-order chi connectivity index (χ1) is 23.1. The van der Waals surface area contributed by atoms with E-state index in [2.05, 4.69) is 5.32 Å². The fraction of sp³-hybridized carbons (Fsp3) is 0.316. The molecule has 0 aliphatic carbocycles. The van der Waals surface area contributed by atoms with Crippen LogP contribution >= 0.6 is 0 Å². The summed E-state index contributed by atoms with van der Waals surface area (Å²) in [6.07, 6.45) is 1.94. The first-order valence-electron chi connectivity index (χ1n) is 16.1. The Morgan fingerprint density at radius 1 is 0.833 bits per heavy atom. The van der Waals surface area contributed by atoms with Crippen molar-refractivity contribution in [1.29, 1.82) is 0 Å². The fourth-order valence-corrected chi connectivity index (χ4v) is 6.81. The molecular weight excluding hydrogens is 627 g/mol. The van der Waals surface area contributed by atoms with Crippen molar-refractivity contribution in [2.45, 2.75) is 57.5 Å². The molecule has 0 aliphatic rings. The van der Waals surface area contributed by atoms with Gasteiger partial charge in [-0.05, 0) is 61.2 Å². The summed E-state index contributed by atoms with van der Waals surface area (Å²) in [6, 6.07) is 27.5. The van der Waals surface area contributed by atoms with Gasteiger partial charge >= 0.3 is 0 Å². The molecule has 1 atom stereocenters. The Bertz CT molecular complexity index is 1780. The molecule has 4 aromatic rings. The number of amides is 2. The van der Waals surface area contributed by atoms with E-state index < -0.39 is 28.5 Å². The lowest BCUT2D eigenvalue weighted by molar-refractivity contribution is -0.140. The van der Waals surface area contributed by atoms with E-state index in [-0.39, 0.29) is 29.5 Å². The van der Waals surface area contributed by atoms with E-state index in [1.165, 1.54) is 37.3 Å². The van der Waals surface area contributed by atoms with Crippen LogP contribution in [0.15, 0.2) is 102 Å². The molecule has 1 unspecified atom stereocenters. The van der Waals surface area contributed by atoms with E-state index in [0.29, 0.717) is 18.0 Å². The lowest BCUT2D eigenvalue weighted by atomic mass is 10.0. The summed E-state index contributed by atoms with van der Waals surface area (Å²) in [5, 5.41) is 3.02. The number of rotatable bonds is 16. The van der Waals surface area contributed by atoms with E-state index >= 15 is 0 Å². The minimum Gasteiger partial charge on any atom is -0.493 e. The van der Waals surface area contributed by atoms with E-state index in [4.69, 9.17) is 9.47 Å². The quantitative estimate of drug-likeness (QED) is 0.145. The van der Waals surface area contributed by atoms with Crippen LogP contribution in [0.25, 0.3) is 0 Å². The Morgan fingerprint density at radius 3 is 2.15 bits per heavy atom. The van der Waals surface area contributed by atoms with Crippen LogP contribution < -0.4 is 19.1 Å². The second-order valence-electron chi connectivity index (χ2n) is 11.7. The van der Waals surface area contributed by atoms with Crippen molar-refractivity contribution in [1.82, 2.24) is 10.2 Å². The molecule has 0 saturated carbocycles. The van der Waals surface area contributed by atoms with Crippen LogP contribution in [-0.4, -0.2) is 58.5 Å². The summed E-state index contributed by atoms with van der Waals surface area (Å²) < 4.78 is 40.6. The number of hydrogen-bond acceptors (Lipinski definition) is 6. The normalized spacial score (nSPS) is 11.8. The van der Waals surface area contributed by atoms with E-state index in [1.807, 2.05) is 75.4 Å². The highest BCUT2D eigenvalue weighted by Crippen LogP contribution is 2.32. The van der Waals surface area contributed by atoms with Gasteiger partial charge in [0, 0.05) is 25.6 Å². The molecule has 0 heterocycles. The number of aryl methyl sites for hydroxylation is 2. The SMILES string of the molecule is CCCCNC(=O)C(Cc1ccccc1)N(Cc1ccccc1C)C(=O)CN(c1ccc(C)cc1)S(=O)(=O)c1ccc(OC)c(OC)c1. The third kappa shape index (κ3) is 8.95. The fourth-order valence-electron chi connectivity index (χ4n) is 5.38. The summed E-state index contributed by atoms with van der Waals surface area (Å²) in [4.78, 5) is 30.0. The maximum Gasteiger partial charge on any atom is 0.264 e. The molecule has 1 N–H and O–H groups in total. The van der Waals surface area contributed by atoms with E-state index in [9.17, 15) is 18.0 Å². The maximum absolute atomic E-state index is 14.7. The minimum atomic E-state index is -4.31. The Hall–Kier alpha value is -4.83. The van der Waals surface area contributed by atoms with Crippen molar-refractivity contribution in [3.05, 3.63) is 119 Å². The molecule has 2 amide bonds. The predicted molar refractivity (Wildman–Crippen MR) is 189 cm³/mol. The Labute approximate surface area is 284 Å². The number of anilines is 1. The average molecular weight is 672 g/mol. The zero-order chi connectivity index (χ0) is 34.7. The van der Waals surface area contributed by atoms with Crippen LogP contribution in [0.4, 0.5) is 5.69 Å². The summed E-state index contributed by atoms with van der Waals surface area (Å²) in [6.45, 7) is 5.93. The van der Waals surface area contributed by atoms with Gasteiger partial charge in [-0.1, -0.05) is 85.6 Å². The van der Waals surface area contributed by atoms with Gasteiger partial charge in [-0.2, -0.15) is 0 Å². The van der Waals surface area contributed by atoms with E-state index in [1.54, 1.807) is 24.3 Å². The monoisotopic (exact) mass is 671 g/mol. The Balaban J connectivity index is 1.82. The lowest BCUT2D eigenvalue weighted by Crippen LogP contribution is -2.53. The van der Waals surface area contributed by atoms with Crippen molar-refractivity contribution in [2.75, 3.05) is 31.6 Å². The molecule has 4 rings (SSSR count). The number of ether oxygens (including phenoxy) is 2. The number of hydrogen-bond donors (Lipinski definition) is 1. The summed E-state index contributed by atoms with van der Waals surface area (Å²) in [5.74, 6) is -0.202. The molecule has 0 aromatic heterocycles. The third-order valence-electron chi connectivity index (χ3n) is 8.25. The maximum atomic E-state index is 14.7.